The number of imide groups is 1. The SMILES string of the molecule is CCCCOC(=O)CN1C(=O)S/C(=C/C=C/c2ccccc2)C1=O. The molecule has 1 aliphatic rings. The maximum absolute atomic E-state index is 12.2. The van der Waals surface area contributed by atoms with Crippen molar-refractivity contribution in [3.05, 3.63) is 53.0 Å². The van der Waals surface area contributed by atoms with Gasteiger partial charge in [0.25, 0.3) is 11.1 Å². The van der Waals surface area contributed by atoms with Gasteiger partial charge in [-0.3, -0.25) is 19.3 Å². The largest absolute Gasteiger partial charge is 0.464 e. The maximum atomic E-state index is 12.2. The Bertz CT molecular complexity index is 667. The maximum Gasteiger partial charge on any atom is 0.326 e. The summed E-state index contributed by atoms with van der Waals surface area (Å²) >= 11 is 0.827. The van der Waals surface area contributed by atoms with Crippen molar-refractivity contribution in [2.75, 3.05) is 13.2 Å². The molecule has 2 rings (SSSR count). The van der Waals surface area contributed by atoms with Crippen molar-refractivity contribution in [3.63, 3.8) is 0 Å². The fourth-order valence-electron chi connectivity index (χ4n) is 1.97. The number of ether oxygens (including phenoxy) is 1. The molecule has 1 aromatic rings. The van der Waals surface area contributed by atoms with Crippen LogP contribution in [0.25, 0.3) is 6.08 Å². The summed E-state index contributed by atoms with van der Waals surface area (Å²) in [5.74, 6) is -1.03. The number of allylic oxidation sites excluding steroid dienone is 2. The highest BCUT2D eigenvalue weighted by Crippen LogP contribution is 2.30. The van der Waals surface area contributed by atoms with Crippen LogP contribution in [0.2, 0.25) is 0 Å². The van der Waals surface area contributed by atoms with E-state index in [0.717, 1.165) is 35.1 Å². The lowest BCUT2D eigenvalue weighted by molar-refractivity contribution is -0.146. The smallest absolute Gasteiger partial charge is 0.326 e. The van der Waals surface area contributed by atoms with Crippen LogP contribution in [0.1, 0.15) is 25.3 Å². The normalized spacial score (nSPS) is 16.4. The Morgan fingerprint density at radius 2 is 2.00 bits per heavy atom. The molecule has 0 saturated carbocycles. The van der Waals surface area contributed by atoms with Crippen molar-refractivity contribution in [2.24, 2.45) is 0 Å². The van der Waals surface area contributed by atoms with Crippen LogP contribution in [0.4, 0.5) is 4.79 Å². The van der Waals surface area contributed by atoms with Gasteiger partial charge in [0.15, 0.2) is 0 Å². The number of benzene rings is 1. The van der Waals surface area contributed by atoms with Crippen molar-refractivity contribution in [3.8, 4) is 0 Å². The minimum Gasteiger partial charge on any atom is -0.464 e. The molecule has 0 aromatic heterocycles. The average molecular weight is 345 g/mol. The highest BCUT2D eigenvalue weighted by Gasteiger charge is 2.36. The predicted molar refractivity (Wildman–Crippen MR) is 94.1 cm³/mol. The Morgan fingerprint density at radius 1 is 1.25 bits per heavy atom. The molecule has 6 heteroatoms. The Hall–Kier alpha value is -2.34. The summed E-state index contributed by atoms with van der Waals surface area (Å²) in [6.45, 7) is 1.95. The zero-order valence-electron chi connectivity index (χ0n) is 13.4. The van der Waals surface area contributed by atoms with Crippen LogP contribution in [0.5, 0.6) is 0 Å². The molecule has 5 nitrogen and oxygen atoms in total. The Balaban J connectivity index is 1.94. The second-order valence-electron chi connectivity index (χ2n) is 5.13. The van der Waals surface area contributed by atoms with E-state index in [4.69, 9.17) is 4.74 Å². The van der Waals surface area contributed by atoms with Gasteiger partial charge in [0, 0.05) is 0 Å². The lowest BCUT2D eigenvalue weighted by Gasteiger charge is -2.11. The van der Waals surface area contributed by atoms with Crippen LogP contribution in [-0.2, 0) is 14.3 Å². The first-order valence-corrected chi connectivity index (χ1v) is 8.56. The van der Waals surface area contributed by atoms with E-state index in [2.05, 4.69) is 0 Å². The lowest BCUT2D eigenvalue weighted by Crippen LogP contribution is -2.34. The highest BCUT2D eigenvalue weighted by molar-refractivity contribution is 8.18. The molecule has 1 heterocycles. The van der Waals surface area contributed by atoms with E-state index in [0.29, 0.717) is 11.5 Å². The quantitative estimate of drug-likeness (QED) is 0.429. The van der Waals surface area contributed by atoms with Crippen LogP contribution in [0.3, 0.4) is 0 Å². The summed E-state index contributed by atoms with van der Waals surface area (Å²) in [6.07, 6.45) is 6.81. The molecular weight excluding hydrogens is 326 g/mol. The second kappa shape index (κ2) is 9.08. The number of thioether (sulfide) groups is 1. The fourth-order valence-corrected chi connectivity index (χ4v) is 2.76. The number of rotatable bonds is 7. The third kappa shape index (κ3) is 5.09. The number of unbranched alkanes of at least 4 members (excludes halogenated alkanes) is 1. The molecule has 0 radical (unpaired) electrons. The molecule has 1 saturated heterocycles. The van der Waals surface area contributed by atoms with E-state index < -0.39 is 17.1 Å². The number of carbonyl (C=O) groups is 3. The Labute approximate surface area is 145 Å². The first-order chi connectivity index (χ1) is 11.6. The molecule has 0 aliphatic carbocycles. The molecule has 0 atom stereocenters. The molecule has 24 heavy (non-hydrogen) atoms. The molecule has 2 amide bonds. The van der Waals surface area contributed by atoms with Gasteiger partial charge in [-0.15, -0.1) is 0 Å². The number of hydrogen-bond donors (Lipinski definition) is 0. The first kappa shape index (κ1) is 18.0. The lowest BCUT2D eigenvalue weighted by atomic mass is 10.2. The average Bonchev–Trinajstić information content (AvgIpc) is 2.84. The molecular formula is C18H19NO4S. The van der Waals surface area contributed by atoms with Crippen molar-refractivity contribution in [1.82, 2.24) is 4.90 Å². The van der Waals surface area contributed by atoms with Gasteiger partial charge in [0.2, 0.25) is 0 Å². The van der Waals surface area contributed by atoms with E-state index in [1.807, 2.05) is 43.3 Å². The van der Waals surface area contributed by atoms with Gasteiger partial charge in [0.1, 0.15) is 6.54 Å². The molecule has 1 aromatic carbocycles. The van der Waals surface area contributed by atoms with E-state index in [1.54, 1.807) is 12.2 Å². The number of nitrogens with zero attached hydrogens (tertiary/aromatic N) is 1. The van der Waals surface area contributed by atoms with Gasteiger partial charge in [-0.2, -0.15) is 0 Å². The number of esters is 1. The molecule has 0 unspecified atom stereocenters. The predicted octanol–water partition coefficient (Wildman–Crippen LogP) is 3.62. The highest BCUT2D eigenvalue weighted by atomic mass is 32.2. The van der Waals surface area contributed by atoms with Gasteiger partial charge >= 0.3 is 5.97 Å². The molecule has 0 spiro atoms. The van der Waals surface area contributed by atoms with Crippen molar-refractivity contribution in [1.29, 1.82) is 0 Å². The van der Waals surface area contributed by atoms with Gasteiger partial charge < -0.3 is 4.74 Å². The summed E-state index contributed by atoms with van der Waals surface area (Å²) in [6, 6.07) is 9.61. The number of hydrogen-bond acceptors (Lipinski definition) is 5. The zero-order chi connectivity index (χ0) is 17.4. The van der Waals surface area contributed by atoms with Crippen LogP contribution >= 0.6 is 11.8 Å². The van der Waals surface area contributed by atoms with E-state index in [-0.39, 0.29) is 6.54 Å². The molecule has 0 N–H and O–H groups in total. The van der Waals surface area contributed by atoms with Crippen LogP contribution in [0, 0.1) is 0 Å². The summed E-state index contributed by atoms with van der Waals surface area (Å²) in [7, 11) is 0. The van der Waals surface area contributed by atoms with Gasteiger partial charge in [-0.1, -0.05) is 55.8 Å². The van der Waals surface area contributed by atoms with Crippen molar-refractivity contribution < 1.29 is 19.1 Å². The van der Waals surface area contributed by atoms with Crippen LogP contribution in [-0.4, -0.2) is 35.2 Å². The van der Waals surface area contributed by atoms with Gasteiger partial charge in [-0.25, -0.2) is 0 Å². The zero-order valence-corrected chi connectivity index (χ0v) is 14.3. The minimum absolute atomic E-state index is 0.300. The third-order valence-corrected chi connectivity index (χ3v) is 4.18. The van der Waals surface area contributed by atoms with E-state index in [1.165, 1.54) is 0 Å². The van der Waals surface area contributed by atoms with Gasteiger partial charge in [-0.05, 0) is 29.8 Å². The minimum atomic E-state index is -0.563. The van der Waals surface area contributed by atoms with E-state index in [9.17, 15) is 14.4 Å². The monoisotopic (exact) mass is 345 g/mol. The van der Waals surface area contributed by atoms with E-state index >= 15 is 0 Å². The Kier molecular flexibility index (Phi) is 6.81. The summed E-state index contributed by atoms with van der Waals surface area (Å²) in [5.41, 5.74) is 0.993. The number of amides is 2. The van der Waals surface area contributed by atoms with Crippen molar-refractivity contribution in [2.45, 2.75) is 19.8 Å². The standard InChI is InChI=1S/C18H19NO4S/c1-2-3-12-23-16(20)13-19-17(21)15(24-18(19)22)11-7-10-14-8-5-4-6-9-14/h4-11H,2-3,12-13H2,1H3/b10-7+,15-11+. The Morgan fingerprint density at radius 3 is 2.71 bits per heavy atom. The number of carbonyl (C=O) groups excluding carboxylic acids is 3. The third-order valence-electron chi connectivity index (χ3n) is 3.26. The fraction of sp³-hybridized carbons (Fsp3) is 0.278. The second-order valence-corrected chi connectivity index (χ2v) is 6.13. The summed E-state index contributed by atoms with van der Waals surface area (Å²) in [5, 5.41) is -0.452. The summed E-state index contributed by atoms with van der Waals surface area (Å²) < 4.78 is 4.99. The molecule has 1 aliphatic heterocycles. The molecule has 0 bridgehead atoms. The van der Waals surface area contributed by atoms with Gasteiger partial charge in [0.05, 0.1) is 11.5 Å². The topological polar surface area (TPSA) is 63.7 Å². The molecule has 126 valence electrons. The van der Waals surface area contributed by atoms with Crippen LogP contribution < -0.4 is 0 Å². The van der Waals surface area contributed by atoms with Crippen LogP contribution in [0.15, 0.2) is 47.4 Å². The first-order valence-electron chi connectivity index (χ1n) is 7.74. The molecule has 1 fully saturated rings. The van der Waals surface area contributed by atoms with Crippen molar-refractivity contribution >= 4 is 35.0 Å². The summed E-state index contributed by atoms with van der Waals surface area (Å²) in [4.78, 5) is 37.0.